The number of nitrogens with one attached hydrogen (secondary N) is 2. The number of ether oxygens (including phenoxy) is 1. The summed E-state index contributed by atoms with van der Waals surface area (Å²) in [5.41, 5.74) is 0. The molecule has 0 unspecified atom stereocenters. The Morgan fingerprint density at radius 1 is 1.33 bits per heavy atom. The van der Waals surface area contributed by atoms with Crippen molar-refractivity contribution in [3.05, 3.63) is 11.8 Å². The summed E-state index contributed by atoms with van der Waals surface area (Å²) >= 11 is 0. The summed E-state index contributed by atoms with van der Waals surface area (Å²) in [5, 5.41) is 8.54. The number of aromatic nitrogens is 1. The van der Waals surface area contributed by atoms with Crippen molar-refractivity contribution in [2.45, 2.75) is 13.3 Å². The summed E-state index contributed by atoms with van der Waals surface area (Å²) in [6.45, 7) is 6.39. The van der Waals surface area contributed by atoms with Crippen molar-refractivity contribution in [2.24, 2.45) is 0 Å². The third-order valence-corrected chi connectivity index (χ3v) is 3.12. The zero-order chi connectivity index (χ0) is 15.1. The van der Waals surface area contributed by atoms with E-state index in [4.69, 9.17) is 9.26 Å². The van der Waals surface area contributed by atoms with E-state index in [1.54, 1.807) is 13.0 Å². The van der Waals surface area contributed by atoms with Gasteiger partial charge >= 0.3 is 11.8 Å². The number of carbonyl (C=O) groups excluding carboxylic acids is 2. The molecular formula is C13H20N4O4. The van der Waals surface area contributed by atoms with Crippen molar-refractivity contribution in [3.63, 3.8) is 0 Å². The van der Waals surface area contributed by atoms with Gasteiger partial charge < -0.3 is 14.6 Å². The van der Waals surface area contributed by atoms with Crippen LogP contribution in [0.25, 0.3) is 0 Å². The normalized spacial score (nSPS) is 15.7. The largest absolute Gasteiger partial charge is 0.379 e. The maximum atomic E-state index is 11.6. The first-order chi connectivity index (χ1) is 10.1. The molecule has 2 heterocycles. The Kier molecular flexibility index (Phi) is 5.70. The molecule has 0 bridgehead atoms. The second kappa shape index (κ2) is 7.75. The summed E-state index contributed by atoms with van der Waals surface area (Å²) in [4.78, 5) is 25.4. The fraction of sp³-hybridized carbons (Fsp3) is 0.615. The highest BCUT2D eigenvalue weighted by Gasteiger charge is 2.15. The molecule has 1 saturated heterocycles. The van der Waals surface area contributed by atoms with Crippen LogP contribution in [0.5, 0.6) is 0 Å². The average molecular weight is 296 g/mol. The highest BCUT2D eigenvalue weighted by molar-refractivity contribution is 6.39. The van der Waals surface area contributed by atoms with Gasteiger partial charge in [-0.15, -0.1) is 0 Å². The number of carbonyl (C=O) groups is 2. The molecule has 0 aliphatic carbocycles. The third kappa shape index (κ3) is 5.16. The molecular weight excluding hydrogens is 276 g/mol. The topological polar surface area (TPSA) is 96.7 Å². The Balaban J connectivity index is 1.61. The Labute approximate surface area is 122 Å². The maximum absolute atomic E-state index is 11.6. The summed E-state index contributed by atoms with van der Waals surface area (Å²) in [6.07, 6.45) is 0.794. The van der Waals surface area contributed by atoms with Crippen LogP contribution in [0.1, 0.15) is 12.2 Å². The van der Waals surface area contributed by atoms with Crippen LogP contribution in [0.3, 0.4) is 0 Å². The molecule has 116 valence electrons. The van der Waals surface area contributed by atoms with Gasteiger partial charge in [0.05, 0.1) is 13.2 Å². The lowest BCUT2D eigenvalue weighted by molar-refractivity contribution is -0.136. The fourth-order valence-corrected chi connectivity index (χ4v) is 2.01. The second-order valence-corrected chi connectivity index (χ2v) is 4.84. The van der Waals surface area contributed by atoms with Crippen molar-refractivity contribution in [3.8, 4) is 0 Å². The molecule has 0 aromatic carbocycles. The summed E-state index contributed by atoms with van der Waals surface area (Å²) in [6, 6.07) is 1.55. The number of morpholine rings is 1. The Morgan fingerprint density at radius 3 is 2.76 bits per heavy atom. The quantitative estimate of drug-likeness (QED) is 0.575. The summed E-state index contributed by atoms with van der Waals surface area (Å²) in [7, 11) is 0. The predicted molar refractivity (Wildman–Crippen MR) is 74.8 cm³/mol. The first-order valence-electron chi connectivity index (χ1n) is 6.98. The van der Waals surface area contributed by atoms with Crippen LogP contribution in [0.4, 0.5) is 5.82 Å². The van der Waals surface area contributed by atoms with E-state index in [0.29, 0.717) is 12.3 Å². The average Bonchev–Trinajstić information content (AvgIpc) is 2.89. The standard InChI is InChI=1S/C13H20N4O4/c1-10-9-11(16-21-10)15-13(19)12(18)14-3-2-4-17-5-7-20-8-6-17/h9H,2-8H2,1H3,(H,14,18)(H,15,16,19). The Bertz CT molecular complexity index is 482. The van der Waals surface area contributed by atoms with Crippen molar-refractivity contribution in [1.82, 2.24) is 15.4 Å². The maximum Gasteiger partial charge on any atom is 0.314 e. The zero-order valence-corrected chi connectivity index (χ0v) is 12.1. The van der Waals surface area contributed by atoms with Crippen LogP contribution in [0, 0.1) is 6.92 Å². The molecule has 8 nitrogen and oxygen atoms in total. The van der Waals surface area contributed by atoms with Crippen LogP contribution in [0.2, 0.25) is 0 Å². The van der Waals surface area contributed by atoms with Gasteiger partial charge in [-0.25, -0.2) is 0 Å². The van der Waals surface area contributed by atoms with Gasteiger partial charge in [0.15, 0.2) is 5.82 Å². The van der Waals surface area contributed by atoms with E-state index in [1.165, 1.54) is 0 Å². The van der Waals surface area contributed by atoms with Crippen LogP contribution in [-0.4, -0.2) is 61.3 Å². The smallest absolute Gasteiger partial charge is 0.314 e. The lowest BCUT2D eigenvalue weighted by Crippen LogP contribution is -2.39. The van der Waals surface area contributed by atoms with E-state index >= 15 is 0 Å². The highest BCUT2D eigenvalue weighted by atomic mass is 16.5. The van der Waals surface area contributed by atoms with E-state index in [2.05, 4.69) is 20.7 Å². The molecule has 1 aromatic rings. The van der Waals surface area contributed by atoms with E-state index in [0.717, 1.165) is 39.3 Å². The molecule has 21 heavy (non-hydrogen) atoms. The molecule has 2 rings (SSSR count). The first-order valence-corrected chi connectivity index (χ1v) is 6.98. The molecule has 0 radical (unpaired) electrons. The summed E-state index contributed by atoms with van der Waals surface area (Å²) < 4.78 is 10.1. The van der Waals surface area contributed by atoms with Crippen LogP contribution in [-0.2, 0) is 14.3 Å². The van der Waals surface area contributed by atoms with E-state index in [-0.39, 0.29) is 5.82 Å². The van der Waals surface area contributed by atoms with Gasteiger partial charge in [0.2, 0.25) is 0 Å². The van der Waals surface area contributed by atoms with Crippen LogP contribution < -0.4 is 10.6 Å². The molecule has 1 aromatic heterocycles. The molecule has 8 heteroatoms. The number of rotatable bonds is 5. The van der Waals surface area contributed by atoms with Crippen molar-refractivity contribution in [2.75, 3.05) is 44.7 Å². The van der Waals surface area contributed by atoms with Crippen LogP contribution >= 0.6 is 0 Å². The minimum atomic E-state index is -0.741. The molecule has 1 fully saturated rings. The molecule has 0 atom stereocenters. The third-order valence-electron chi connectivity index (χ3n) is 3.12. The number of hydrogen-bond donors (Lipinski definition) is 2. The van der Waals surface area contributed by atoms with Gasteiger partial charge in [-0.2, -0.15) is 0 Å². The number of hydrogen-bond acceptors (Lipinski definition) is 6. The van der Waals surface area contributed by atoms with Crippen molar-refractivity contribution < 1.29 is 18.8 Å². The zero-order valence-electron chi connectivity index (χ0n) is 12.1. The molecule has 0 spiro atoms. The van der Waals surface area contributed by atoms with Crippen LogP contribution in [0.15, 0.2) is 10.6 Å². The monoisotopic (exact) mass is 296 g/mol. The molecule has 2 N–H and O–H groups in total. The Hall–Kier alpha value is -1.93. The number of anilines is 1. The fourth-order valence-electron chi connectivity index (χ4n) is 2.01. The van der Waals surface area contributed by atoms with Gasteiger partial charge in [-0.05, 0) is 19.9 Å². The Morgan fingerprint density at radius 2 is 2.10 bits per heavy atom. The minimum absolute atomic E-state index is 0.237. The molecule has 1 aliphatic heterocycles. The van der Waals surface area contributed by atoms with E-state index in [1.807, 2.05) is 0 Å². The number of amides is 2. The van der Waals surface area contributed by atoms with E-state index in [9.17, 15) is 9.59 Å². The number of nitrogens with zero attached hydrogens (tertiary/aromatic N) is 2. The lowest BCUT2D eigenvalue weighted by atomic mass is 10.3. The van der Waals surface area contributed by atoms with Crippen molar-refractivity contribution in [1.29, 1.82) is 0 Å². The van der Waals surface area contributed by atoms with Gasteiger partial charge in [0, 0.05) is 25.7 Å². The van der Waals surface area contributed by atoms with Crippen molar-refractivity contribution >= 4 is 17.6 Å². The van der Waals surface area contributed by atoms with Gasteiger partial charge in [-0.3, -0.25) is 19.8 Å². The molecule has 0 saturated carbocycles. The molecule has 1 aliphatic rings. The molecule has 2 amide bonds. The second-order valence-electron chi connectivity index (χ2n) is 4.84. The minimum Gasteiger partial charge on any atom is -0.379 e. The van der Waals surface area contributed by atoms with E-state index < -0.39 is 11.8 Å². The predicted octanol–water partition coefficient (Wildman–Crippen LogP) is -0.240. The lowest BCUT2D eigenvalue weighted by Gasteiger charge is -2.26. The SMILES string of the molecule is Cc1cc(NC(=O)C(=O)NCCCN2CCOCC2)no1. The number of aryl methyl sites for hydroxylation is 1. The summed E-state index contributed by atoms with van der Waals surface area (Å²) in [5.74, 6) is -0.607. The van der Waals surface area contributed by atoms with Gasteiger partial charge in [0.1, 0.15) is 5.76 Å². The first kappa shape index (κ1) is 15.5. The highest BCUT2D eigenvalue weighted by Crippen LogP contribution is 2.06. The van der Waals surface area contributed by atoms with Gasteiger partial charge in [-0.1, -0.05) is 5.16 Å². The van der Waals surface area contributed by atoms with Gasteiger partial charge in [0.25, 0.3) is 0 Å².